The average Bonchev–Trinajstić information content (AvgIpc) is 2.09. The second kappa shape index (κ2) is 3.60. The molecule has 0 aliphatic rings. The molecule has 0 spiro atoms. The van der Waals surface area contributed by atoms with Crippen LogP contribution in [0.1, 0.15) is 27.8 Å². The van der Waals surface area contributed by atoms with Crippen molar-refractivity contribution in [1.29, 1.82) is 0 Å². The molecule has 0 saturated heterocycles. The largest absolute Gasteiger partial charge is 0.411 e. The summed E-state index contributed by atoms with van der Waals surface area (Å²) in [4.78, 5) is 0. The van der Waals surface area contributed by atoms with Gasteiger partial charge in [-0.05, 0) is 49.9 Å². The molecular formula is C11H15NO. The summed E-state index contributed by atoms with van der Waals surface area (Å²) in [7, 11) is 0. The Kier molecular flexibility index (Phi) is 2.71. The van der Waals surface area contributed by atoms with E-state index < -0.39 is 0 Å². The molecule has 0 amide bonds. The first kappa shape index (κ1) is 9.78. The molecule has 2 nitrogen and oxygen atoms in total. The lowest BCUT2D eigenvalue weighted by atomic mass is 9.95. The summed E-state index contributed by atoms with van der Waals surface area (Å²) in [5, 5.41) is 11.6. The third-order valence-electron chi connectivity index (χ3n) is 2.61. The molecule has 0 aliphatic carbocycles. The van der Waals surface area contributed by atoms with Gasteiger partial charge in [0.15, 0.2) is 0 Å². The monoisotopic (exact) mass is 177 g/mol. The molecular weight excluding hydrogens is 162 g/mol. The van der Waals surface area contributed by atoms with Crippen molar-refractivity contribution in [2.45, 2.75) is 27.7 Å². The maximum absolute atomic E-state index is 8.52. The number of hydrogen-bond donors (Lipinski definition) is 1. The number of aryl methyl sites for hydroxylation is 2. The maximum atomic E-state index is 8.52. The Labute approximate surface area is 78.9 Å². The lowest BCUT2D eigenvalue weighted by Crippen LogP contribution is -1.97. The number of rotatable bonds is 1. The van der Waals surface area contributed by atoms with Crippen molar-refractivity contribution >= 4 is 6.21 Å². The van der Waals surface area contributed by atoms with Gasteiger partial charge in [-0.3, -0.25) is 0 Å². The van der Waals surface area contributed by atoms with Gasteiger partial charge in [-0.1, -0.05) is 11.2 Å². The zero-order chi connectivity index (χ0) is 10.0. The minimum atomic E-state index is 1.03. The highest BCUT2D eigenvalue weighted by molar-refractivity contribution is 5.84. The Balaban J connectivity index is 3.46. The van der Waals surface area contributed by atoms with E-state index in [1.54, 1.807) is 0 Å². The Morgan fingerprint density at radius 1 is 1.08 bits per heavy atom. The van der Waals surface area contributed by atoms with E-state index in [4.69, 9.17) is 5.21 Å². The molecule has 2 heteroatoms. The van der Waals surface area contributed by atoms with E-state index >= 15 is 0 Å². The van der Waals surface area contributed by atoms with E-state index in [2.05, 4.69) is 25.1 Å². The predicted octanol–water partition coefficient (Wildman–Crippen LogP) is 2.73. The van der Waals surface area contributed by atoms with Gasteiger partial charge >= 0.3 is 0 Å². The smallest absolute Gasteiger partial charge is 0.0739 e. The van der Waals surface area contributed by atoms with Crippen molar-refractivity contribution < 1.29 is 5.21 Å². The van der Waals surface area contributed by atoms with Gasteiger partial charge in [-0.15, -0.1) is 0 Å². The fourth-order valence-electron chi connectivity index (χ4n) is 1.50. The van der Waals surface area contributed by atoms with E-state index in [1.807, 2.05) is 13.8 Å². The van der Waals surface area contributed by atoms with Gasteiger partial charge in [0, 0.05) is 5.56 Å². The average molecular weight is 177 g/mol. The predicted molar refractivity (Wildman–Crippen MR) is 54.8 cm³/mol. The highest BCUT2D eigenvalue weighted by Crippen LogP contribution is 2.19. The molecule has 0 bridgehead atoms. The highest BCUT2D eigenvalue weighted by Gasteiger charge is 2.05. The normalized spacial score (nSPS) is 11.1. The molecule has 13 heavy (non-hydrogen) atoms. The SMILES string of the molecule is Cc1cc(C)c(C)c(C=NO)c1C. The minimum absolute atomic E-state index is 1.03. The zero-order valence-corrected chi connectivity index (χ0v) is 8.55. The van der Waals surface area contributed by atoms with Crippen LogP contribution in [0.15, 0.2) is 11.2 Å². The fourth-order valence-corrected chi connectivity index (χ4v) is 1.50. The summed E-state index contributed by atoms with van der Waals surface area (Å²) in [5.74, 6) is 0. The molecule has 0 aromatic heterocycles. The lowest BCUT2D eigenvalue weighted by Gasteiger charge is -2.10. The van der Waals surface area contributed by atoms with Crippen molar-refractivity contribution in [1.82, 2.24) is 0 Å². The highest BCUT2D eigenvalue weighted by atomic mass is 16.4. The molecule has 0 radical (unpaired) electrons. The second-order valence-corrected chi connectivity index (χ2v) is 3.42. The molecule has 0 aliphatic heterocycles. The maximum Gasteiger partial charge on any atom is 0.0739 e. The van der Waals surface area contributed by atoms with Crippen LogP contribution in [0.5, 0.6) is 0 Å². The van der Waals surface area contributed by atoms with Gasteiger partial charge in [0.05, 0.1) is 6.21 Å². The molecule has 0 fully saturated rings. The van der Waals surface area contributed by atoms with Crippen molar-refractivity contribution in [2.24, 2.45) is 5.16 Å². The van der Waals surface area contributed by atoms with E-state index in [1.165, 1.54) is 28.5 Å². The molecule has 1 aromatic carbocycles. The summed E-state index contributed by atoms with van der Waals surface area (Å²) >= 11 is 0. The first-order valence-corrected chi connectivity index (χ1v) is 4.32. The topological polar surface area (TPSA) is 32.6 Å². The summed E-state index contributed by atoms with van der Waals surface area (Å²) in [6.45, 7) is 8.21. The fraction of sp³-hybridized carbons (Fsp3) is 0.364. The molecule has 1 aromatic rings. The lowest BCUT2D eigenvalue weighted by molar-refractivity contribution is 0.322. The summed E-state index contributed by atoms with van der Waals surface area (Å²) < 4.78 is 0. The number of oxime groups is 1. The summed E-state index contributed by atoms with van der Waals surface area (Å²) in [6.07, 6.45) is 1.50. The first-order chi connectivity index (χ1) is 6.07. The van der Waals surface area contributed by atoms with Gasteiger partial charge in [-0.2, -0.15) is 0 Å². The quantitative estimate of drug-likeness (QED) is 0.399. The van der Waals surface area contributed by atoms with Gasteiger partial charge in [0.25, 0.3) is 0 Å². The van der Waals surface area contributed by atoms with Crippen LogP contribution in [0.2, 0.25) is 0 Å². The first-order valence-electron chi connectivity index (χ1n) is 4.32. The molecule has 1 rings (SSSR count). The van der Waals surface area contributed by atoms with Crippen molar-refractivity contribution in [3.05, 3.63) is 33.9 Å². The van der Waals surface area contributed by atoms with Crippen LogP contribution >= 0.6 is 0 Å². The number of benzene rings is 1. The Morgan fingerprint density at radius 3 is 1.92 bits per heavy atom. The molecule has 0 atom stereocenters. The van der Waals surface area contributed by atoms with Crippen molar-refractivity contribution in [3.63, 3.8) is 0 Å². The van der Waals surface area contributed by atoms with E-state index in [-0.39, 0.29) is 0 Å². The van der Waals surface area contributed by atoms with Crippen molar-refractivity contribution in [2.75, 3.05) is 0 Å². The van der Waals surface area contributed by atoms with Crippen LogP contribution in [0.4, 0.5) is 0 Å². The molecule has 70 valence electrons. The Hall–Kier alpha value is -1.31. The molecule has 0 unspecified atom stereocenters. The Morgan fingerprint density at radius 2 is 1.54 bits per heavy atom. The molecule has 0 heterocycles. The van der Waals surface area contributed by atoms with Gasteiger partial charge in [0.2, 0.25) is 0 Å². The van der Waals surface area contributed by atoms with Crippen LogP contribution in [-0.4, -0.2) is 11.4 Å². The van der Waals surface area contributed by atoms with E-state index in [0.29, 0.717) is 0 Å². The summed E-state index contributed by atoms with van der Waals surface area (Å²) in [6, 6.07) is 2.15. The Bertz CT molecular complexity index is 327. The van der Waals surface area contributed by atoms with Gasteiger partial charge < -0.3 is 5.21 Å². The van der Waals surface area contributed by atoms with Gasteiger partial charge in [0.1, 0.15) is 0 Å². The second-order valence-electron chi connectivity index (χ2n) is 3.42. The molecule has 1 N–H and O–H groups in total. The number of hydrogen-bond acceptors (Lipinski definition) is 2. The van der Waals surface area contributed by atoms with E-state index in [9.17, 15) is 0 Å². The van der Waals surface area contributed by atoms with Crippen LogP contribution in [0.3, 0.4) is 0 Å². The van der Waals surface area contributed by atoms with Crippen molar-refractivity contribution in [3.8, 4) is 0 Å². The standard InChI is InChI=1S/C11H15NO/c1-7-5-8(2)10(4)11(6-12-13)9(7)3/h5-6,13H,1-4H3. The molecule has 0 saturated carbocycles. The van der Waals surface area contributed by atoms with Crippen LogP contribution in [0.25, 0.3) is 0 Å². The third kappa shape index (κ3) is 1.72. The zero-order valence-electron chi connectivity index (χ0n) is 8.55. The summed E-state index contributed by atoms with van der Waals surface area (Å²) in [5.41, 5.74) is 5.86. The minimum Gasteiger partial charge on any atom is -0.411 e. The third-order valence-corrected chi connectivity index (χ3v) is 2.61. The van der Waals surface area contributed by atoms with Crippen LogP contribution in [0, 0.1) is 27.7 Å². The van der Waals surface area contributed by atoms with Gasteiger partial charge in [-0.25, -0.2) is 0 Å². The number of nitrogens with zero attached hydrogens (tertiary/aromatic N) is 1. The van der Waals surface area contributed by atoms with Crippen LogP contribution in [-0.2, 0) is 0 Å². The van der Waals surface area contributed by atoms with Crippen LogP contribution < -0.4 is 0 Å². The van der Waals surface area contributed by atoms with E-state index in [0.717, 1.165) is 5.56 Å².